The van der Waals surface area contributed by atoms with Gasteiger partial charge in [-0.2, -0.15) is 0 Å². The Labute approximate surface area is 351 Å². The zero-order valence-electron chi connectivity index (χ0n) is 33.0. The van der Waals surface area contributed by atoms with Gasteiger partial charge in [-0.3, -0.25) is 14.1 Å². The normalized spacial score (nSPS) is 11.6. The highest BCUT2D eigenvalue weighted by molar-refractivity contribution is 6.09. The van der Waals surface area contributed by atoms with Gasteiger partial charge in [0, 0.05) is 62.5 Å². The van der Waals surface area contributed by atoms with Crippen LogP contribution in [0.4, 0.5) is 0 Å². The molecule has 6 nitrogen and oxygen atoms in total. The van der Waals surface area contributed by atoms with E-state index in [1.807, 2.05) is 36.7 Å². The first-order valence-electron chi connectivity index (χ1n) is 20.5. The maximum atomic E-state index is 5.30. The molecule has 0 saturated heterocycles. The van der Waals surface area contributed by atoms with E-state index >= 15 is 0 Å². The van der Waals surface area contributed by atoms with Gasteiger partial charge in [0.25, 0.3) is 0 Å². The summed E-state index contributed by atoms with van der Waals surface area (Å²) in [5, 5.41) is 2.50. The van der Waals surface area contributed by atoms with Crippen molar-refractivity contribution in [3.63, 3.8) is 0 Å². The highest BCUT2D eigenvalue weighted by atomic mass is 15.1. The number of imidazole rings is 2. The first kappa shape index (κ1) is 34.7. The Morgan fingerprint density at radius 2 is 0.672 bits per heavy atom. The molecular weight excluding hydrogens is 745 g/mol. The zero-order valence-corrected chi connectivity index (χ0v) is 33.0. The Hall–Kier alpha value is -8.35. The monoisotopic (exact) mass is 780 g/mol. The first-order valence-corrected chi connectivity index (χ1v) is 20.5. The van der Waals surface area contributed by atoms with E-state index in [4.69, 9.17) is 15.0 Å². The molecule has 4 heterocycles. The predicted octanol–water partition coefficient (Wildman–Crippen LogP) is 13.5. The molecule has 12 rings (SSSR count). The number of aromatic nitrogens is 6. The maximum Gasteiger partial charge on any atom is 0.145 e. The molecule has 0 saturated carbocycles. The molecule has 0 atom stereocenters. The van der Waals surface area contributed by atoms with E-state index in [-0.39, 0.29) is 0 Å². The number of pyridine rings is 1. The molecule has 0 aliphatic heterocycles. The van der Waals surface area contributed by atoms with Crippen LogP contribution in [0.3, 0.4) is 0 Å². The van der Waals surface area contributed by atoms with Gasteiger partial charge in [-0.1, -0.05) is 109 Å². The summed E-state index contributed by atoms with van der Waals surface area (Å²) in [6, 6.07) is 72.6. The minimum absolute atomic E-state index is 0.850. The first-order chi connectivity index (χ1) is 30.2. The lowest BCUT2D eigenvalue weighted by Gasteiger charge is -2.15. The smallest absolute Gasteiger partial charge is 0.145 e. The molecule has 0 spiro atoms. The molecule has 61 heavy (non-hydrogen) atoms. The lowest BCUT2D eigenvalue weighted by atomic mass is 9.97. The van der Waals surface area contributed by atoms with Gasteiger partial charge in [0.15, 0.2) is 0 Å². The predicted molar refractivity (Wildman–Crippen MR) is 250 cm³/mol. The summed E-state index contributed by atoms with van der Waals surface area (Å²) >= 11 is 0. The molecular formula is C55H36N6. The van der Waals surface area contributed by atoms with Crippen LogP contribution in [0, 0.1) is 0 Å². The molecule has 8 aromatic carbocycles. The Kier molecular flexibility index (Phi) is 8.06. The quantitative estimate of drug-likeness (QED) is 0.162. The summed E-state index contributed by atoms with van der Waals surface area (Å²) in [7, 11) is 0. The molecule has 0 radical (unpaired) electrons. The Balaban J connectivity index is 1.04. The second kappa shape index (κ2) is 14.2. The van der Waals surface area contributed by atoms with Crippen molar-refractivity contribution in [3.8, 4) is 62.1 Å². The van der Waals surface area contributed by atoms with E-state index < -0.39 is 0 Å². The molecule has 0 N–H and O–H groups in total. The van der Waals surface area contributed by atoms with E-state index in [0.717, 1.165) is 84.2 Å². The van der Waals surface area contributed by atoms with Gasteiger partial charge in [0.1, 0.15) is 11.6 Å². The van der Waals surface area contributed by atoms with Gasteiger partial charge < -0.3 is 4.57 Å². The van der Waals surface area contributed by atoms with Crippen molar-refractivity contribution in [1.82, 2.24) is 28.7 Å². The molecule has 6 heteroatoms. The molecule has 4 aromatic heterocycles. The maximum absolute atomic E-state index is 5.30. The summed E-state index contributed by atoms with van der Waals surface area (Å²) in [6.07, 6.45) is 3.91. The molecule has 286 valence electrons. The largest absolute Gasteiger partial charge is 0.309 e. The average molecular weight is 781 g/mol. The Morgan fingerprint density at radius 1 is 0.279 bits per heavy atom. The number of hydrogen-bond acceptors (Lipinski definition) is 3. The summed E-state index contributed by atoms with van der Waals surface area (Å²) in [6.45, 7) is 0. The second-order valence-electron chi connectivity index (χ2n) is 15.4. The number of nitrogens with zero attached hydrogens (tertiary/aromatic N) is 6. The molecule has 0 amide bonds. The number of rotatable bonds is 7. The van der Waals surface area contributed by atoms with Crippen LogP contribution in [0.25, 0.3) is 106 Å². The SMILES string of the molecule is c1ccc(-n2c(-c3cc(-c4cncc(-c5ccc(-n6c7ccccc7c7ccccc76)cc5)c4)cc(-c4nc5ccccc5n4-c4ccccc4)c3)nc3ccccc32)cc1. The van der Waals surface area contributed by atoms with Gasteiger partial charge in [-0.05, 0) is 108 Å². The molecule has 0 aliphatic rings. The minimum atomic E-state index is 0.850. The van der Waals surface area contributed by atoms with Gasteiger partial charge in [-0.15, -0.1) is 0 Å². The number of benzene rings is 8. The van der Waals surface area contributed by atoms with Crippen LogP contribution in [0.2, 0.25) is 0 Å². The van der Waals surface area contributed by atoms with E-state index in [9.17, 15) is 0 Å². The van der Waals surface area contributed by atoms with Gasteiger partial charge in [0.2, 0.25) is 0 Å². The van der Waals surface area contributed by atoms with Crippen molar-refractivity contribution in [2.45, 2.75) is 0 Å². The fourth-order valence-electron chi connectivity index (χ4n) is 8.93. The third kappa shape index (κ3) is 5.84. The van der Waals surface area contributed by atoms with Crippen molar-refractivity contribution in [2.75, 3.05) is 0 Å². The second-order valence-corrected chi connectivity index (χ2v) is 15.4. The summed E-state index contributed by atoms with van der Waals surface area (Å²) < 4.78 is 6.86. The van der Waals surface area contributed by atoms with Crippen molar-refractivity contribution in [3.05, 3.63) is 219 Å². The summed E-state index contributed by atoms with van der Waals surface area (Å²) in [5.74, 6) is 1.70. The highest BCUT2D eigenvalue weighted by Gasteiger charge is 2.21. The molecule has 0 aliphatic carbocycles. The van der Waals surface area contributed by atoms with E-state index in [1.165, 1.54) is 21.8 Å². The van der Waals surface area contributed by atoms with Gasteiger partial charge >= 0.3 is 0 Å². The Morgan fingerprint density at radius 3 is 1.20 bits per heavy atom. The van der Waals surface area contributed by atoms with Gasteiger partial charge in [-0.25, -0.2) is 9.97 Å². The molecule has 0 fully saturated rings. The topological polar surface area (TPSA) is 53.5 Å². The van der Waals surface area contributed by atoms with Crippen LogP contribution in [0.5, 0.6) is 0 Å². The number of hydrogen-bond donors (Lipinski definition) is 0. The van der Waals surface area contributed by atoms with E-state index in [0.29, 0.717) is 0 Å². The zero-order chi connectivity index (χ0) is 40.3. The van der Waals surface area contributed by atoms with Crippen molar-refractivity contribution in [1.29, 1.82) is 0 Å². The van der Waals surface area contributed by atoms with E-state index in [1.54, 1.807) is 0 Å². The van der Waals surface area contributed by atoms with Crippen LogP contribution in [-0.2, 0) is 0 Å². The van der Waals surface area contributed by atoms with Crippen molar-refractivity contribution >= 4 is 43.9 Å². The van der Waals surface area contributed by atoms with Crippen LogP contribution >= 0.6 is 0 Å². The Bertz CT molecular complexity index is 3390. The van der Waals surface area contributed by atoms with Gasteiger partial charge in [0.05, 0.1) is 33.1 Å². The van der Waals surface area contributed by atoms with Crippen LogP contribution in [0.1, 0.15) is 0 Å². The van der Waals surface area contributed by atoms with E-state index in [2.05, 4.69) is 196 Å². The lowest BCUT2D eigenvalue weighted by Crippen LogP contribution is -2.00. The minimum Gasteiger partial charge on any atom is -0.309 e. The molecule has 0 unspecified atom stereocenters. The van der Waals surface area contributed by atoms with Crippen LogP contribution in [0.15, 0.2) is 219 Å². The standard InChI is InChI=1S/C55H36N6/c1-3-15-43(16-4-1)60-52-25-13-9-21-48(52)57-54(60)39-31-38(32-40(33-39)55-58-49-22-10-14-26-53(49)61(55)44-17-5-2-6-18-44)42-34-41(35-56-36-42)37-27-29-45(30-28-37)59-50-23-11-7-19-46(50)47-20-8-12-24-51(47)59/h1-36H. The third-order valence-corrected chi connectivity index (χ3v) is 11.7. The van der Waals surface area contributed by atoms with Crippen molar-refractivity contribution < 1.29 is 0 Å². The van der Waals surface area contributed by atoms with Crippen LogP contribution in [-0.4, -0.2) is 28.7 Å². The fourth-order valence-corrected chi connectivity index (χ4v) is 8.93. The van der Waals surface area contributed by atoms with Crippen molar-refractivity contribution in [2.24, 2.45) is 0 Å². The molecule has 12 aromatic rings. The van der Waals surface area contributed by atoms with Crippen LogP contribution < -0.4 is 0 Å². The fraction of sp³-hybridized carbons (Fsp3) is 0. The summed E-state index contributed by atoms with van der Waals surface area (Å²) in [5.41, 5.74) is 15.6. The summed E-state index contributed by atoms with van der Waals surface area (Å²) in [4.78, 5) is 15.5. The molecule has 0 bridgehead atoms. The number of fused-ring (bicyclic) bond motifs is 5. The third-order valence-electron chi connectivity index (χ3n) is 11.7. The highest BCUT2D eigenvalue weighted by Crippen LogP contribution is 2.38. The average Bonchev–Trinajstić information content (AvgIpc) is 4.03. The number of para-hydroxylation sites is 8. The lowest BCUT2D eigenvalue weighted by molar-refractivity contribution is 1.09.